The first-order valence-corrected chi connectivity index (χ1v) is 7.94. The molecule has 1 heterocycles. The number of rotatable bonds is 5. The van der Waals surface area contributed by atoms with Crippen molar-refractivity contribution in [3.63, 3.8) is 0 Å². The van der Waals surface area contributed by atoms with Crippen molar-refractivity contribution in [3.8, 4) is 0 Å². The fraction of sp³-hybridized carbons (Fsp3) is 0.333. The van der Waals surface area contributed by atoms with Crippen LogP contribution in [-0.2, 0) is 21.2 Å². The maximum absolute atomic E-state index is 11.3. The third kappa shape index (κ3) is 5.80. The molecule has 0 radical (unpaired) electrons. The van der Waals surface area contributed by atoms with Crippen molar-refractivity contribution in [2.24, 2.45) is 5.73 Å². The number of carboxylic acids is 1. The number of benzene rings is 1. The van der Waals surface area contributed by atoms with Gasteiger partial charge in [-0.05, 0) is 24.6 Å². The number of nitrogens with one attached hydrogen (secondary N) is 1. The number of nitrogens with zero attached hydrogens (tertiary/aromatic N) is 2. The topological polar surface area (TPSA) is 159 Å². The summed E-state index contributed by atoms with van der Waals surface area (Å²) in [5.74, 6) is -1.11. The molecule has 9 nitrogen and oxygen atoms in total. The molecule has 0 saturated carbocycles. The molecule has 0 unspecified atom stereocenters. The van der Waals surface area contributed by atoms with Crippen LogP contribution < -0.4 is 10.6 Å². The number of fused-ring (bicyclic) bond motifs is 1. The van der Waals surface area contributed by atoms with E-state index in [1.54, 1.807) is 18.2 Å². The van der Waals surface area contributed by atoms with E-state index in [2.05, 4.69) is 9.82 Å². The minimum Gasteiger partial charge on any atom is -0.480 e. The summed E-state index contributed by atoms with van der Waals surface area (Å²) in [6.45, 7) is 1.42. The number of carboxylic acid groups (broad SMARTS) is 1. The Balaban J connectivity index is 0. The highest BCUT2D eigenvalue weighted by atomic mass is 35.5. The van der Waals surface area contributed by atoms with Crippen molar-refractivity contribution in [1.29, 1.82) is 0 Å². The summed E-state index contributed by atoms with van der Waals surface area (Å²) < 4.78 is 23.8. The molecule has 2 aromatic rings. The Morgan fingerprint density at radius 1 is 1.42 bits per heavy atom. The SMILES string of the molecule is C[C@](N)(Cc1ccc2ncn(NS(C)(=O)=O)c2c1)C(=O)O.Cl.Cl.O. The van der Waals surface area contributed by atoms with Gasteiger partial charge in [-0.25, -0.2) is 22.9 Å². The average molecular weight is 403 g/mol. The van der Waals surface area contributed by atoms with Gasteiger partial charge < -0.3 is 16.3 Å². The lowest BCUT2D eigenvalue weighted by atomic mass is 9.94. The Bertz CT molecular complexity index is 807. The van der Waals surface area contributed by atoms with Crippen molar-refractivity contribution in [1.82, 2.24) is 9.66 Å². The van der Waals surface area contributed by atoms with Crippen LogP contribution in [0, 0.1) is 0 Å². The first kappa shape index (κ1) is 24.7. The van der Waals surface area contributed by atoms with Gasteiger partial charge in [-0.3, -0.25) is 4.79 Å². The summed E-state index contributed by atoms with van der Waals surface area (Å²) in [6.07, 6.45) is 2.49. The zero-order valence-electron chi connectivity index (χ0n) is 12.9. The van der Waals surface area contributed by atoms with Crippen molar-refractivity contribution >= 4 is 51.8 Å². The largest absolute Gasteiger partial charge is 0.480 e. The van der Waals surface area contributed by atoms with Gasteiger partial charge in [0.15, 0.2) is 0 Å². The second kappa shape index (κ2) is 8.49. The lowest BCUT2D eigenvalue weighted by Gasteiger charge is -2.19. The van der Waals surface area contributed by atoms with Crippen LogP contribution in [-0.4, -0.2) is 46.4 Å². The Kier molecular flexibility index (Phi) is 8.72. The van der Waals surface area contributed by atoms with E-state index < -0.39 is 21.5 Å². The summed E-state index contributed by atoms with van der Waals surface area (Å²) >= 11 is 0. The lowest BCUT2D eigenvalue weighted by Crippen LogP contribution is -2.46. The fourth-order valence-corrected chi connectivity index (χ4v) is 2.42. The van der Waals surface area contributed by atoms with Crippen LogP contribution in [0.3, 0.4) is 0 Å². The molecule has 0 saturated heterocycles. The van der Waals surface area contributed by atoms with Crippen LogP contribution in [0.1, 0.15) is 12.5 Å². The maximum atomic E-state index is 11.3. The van der Waals surface area contributed by atoms with E-state index in [-0.39, 0.29) is 36.7 Å². The Hall–Kier alpha value is -1.59. The van der Waals surface area contributed by atoms with Gasteiger partial charge in [0, 0.05) is 6.42 Å². The predicted molar refractivity (Wildman–Crippen MR) is 96.0 cm³/mol. The van der Waals surface area contributed by atoms with Crippen molar-refractivity contribution in [2.45, 2.75) is 18.9 Å². The monoisotopic (exact) mass is 402 g/mol. The van der Waals surface area contributed by atoms with Gasteiger partial charge in [0.25, 0.3) is 0 Å². The molecule has 0 spiro atoms. The predicted octanol–water partition coefficient (Wildman–Crippen LogP) is -0.0972. The highest BCUT2D eigenvalue weighted by Gasteiger charge is 2.28. The van der Waals surface area contributed by atoms with Gasteiger partial charge in [-0.15, -0.1) is 24.8 Å². The number of hydrogen-bond donors (Lipinski definition) is 3. The quantitative estimate of drug-likeness (QED) is 0.632. The minimum atomic E-state index is -3.45. The van der Waals surface area contributed by atoms with Crippen LogP contribution >= 0.6 is 24.8 Å². The number of nitrogens with two attached hydrogens (primary N) is 1. The highest BCUT2D eigenvalue weighted by Crippen LogP contribution is 2.18. The minimum absolute atomic E-state index is 0. The molecule has 0 aliphatic carbocycles. The standard InChI is InChI=1S/C12H16N4O4S.2ClH.H2O/c1-12(13,11(17)18)6-8-3-4-9-10(5-8)16(7-14-9)15-21(2,19)20;;;/h3-5,7,15H,6,13H2,1-2H3,(H,17,18);2*1H;1H2/t12-;;;/m0.../s1. The van der Waals surface area contributed by atoms with E-state index in [0.29, 0.717) is 16.6 Å². The lowest BCUT2D eigenvalue weighted by molar-refractivity contribution is -0.142. The molecule has 24 heavy (non-hydrogen) atoms. The van der Waals surface area contributed by atoms with Gasteiger partial charge >= 0.3 is 5.97 Å². The van der Waals surface area contributed by atoms with Gasteiger partial charge in [0.1, 0.15) is 11.9 Å². The average Bonchev–Trinajstić information content (AvgIpc) is 2.69. The van der Waals surface area contributed by atoms with Crippen LogP contribution in [0.4, 0.5) is 0 Å². The summed E-state index contributed by atoms with van der Waals surface area (Å²) in [5.41, 5.74) is 6.10. The second-order valence-electron chi connectivity index (χ2n) is 5.20. The zero-order valence-corrected chi connectivity index (χ0v) is 15.3. The van der Waals surface area contributed by atoms with Crippen LogP contribution in [0.25, 0.3) is 11.0 Å². The number of aliphatic carboxylic acids is 1. The molecule has 138 valence electrons. The normalized spacial score (nSPS) is 13.0. The number of hydrogen-bond acceptors (Lipinski definition) is 5. The molecule has 0 bridgehead atoms. The molecule has 12 heteroatoms. The Labute approximate surface area is 151 Å². The van der Waals surface area contributed by atoms with Gasteiger partial charge in [0.05, 0.1) is 17.3 Å². The van der Waals surface area contributed by atoms with E-state index in [1.807, 2.05) is 0 Å². The number of imidazole rings is 1. The summed E-state index contributed by atoms with van der Waals surface area (Å²) in [6, 6.07) is 5.06. The van der Waals surface area contributed by atoms with E-state index in [0.717, 1.165) is 6.26 Å². The third-order valence-corrected chi connectivity index (χ3v) is 3.46. The molecule has 6 N–H and O–H groups in total. The second-order valence-corrected chi connectivity index (χ2v) is 6.93. The Morgan fingerprint density at radius 3 is 2.50 bits per heavy atom. The zero-order chi connectivity index (χ0) is 15.8. The molecule has 0 aliphatic rings. The van der Waals surface area contributed by atoms with Crippen LogP contribution in [0.15, 0.2) is 24.5 Å². The molecular weight excluding hydrogens is 383 g/mol. The third-order valence-electron chi connectivity index (χ3n) is 2.94. The summed E-state index contributed by atoms with van der Waals surface area (Å²) in [4.78, 5) is 17.4. The van der Waals surface area contributed by atoms with Crippen LogP contribution in [0.2, 0.25) is 0 Å². The van der Waals surface area contributed by atoms with Crippen molar-refractivity contribution in [3.05, 3.63) is 30.1 Å². The number of sulfonamides is 1. The first-order valence-electron chi connectivity index (χ1n) is 6.04. The molecule has 1 aromatic carbocycles. The van der Waals surface area contributed by atoms with Gasteiger partial charge in [0.2, 0.25) is 10.0 Å². The number of carbonyl (C=O) groups is 1. The number of halogens is 2. The highest BCUT2D eigenvalue weighted by molar-refractivity contribution is 7.91. The fourth-order valence-electron chi connectivity index (χ4n) is 1.91. The van der Waals surface area contributed by atoms with E-state index in [9.17, 15) is 13.2 Å². The summed E-state index contributed by atoms with van der Waals surface area (Å²) in [7, 11) is -3.45. The van der Waals surface area contributed by atoms with Crippen molar-refractivity contribution < 1.29 is 23.8 Å². The first-order chi connectivity index (χ1) is 9.58. The van der Waals surface area contributed by atoms with Gasteiger partial charge in [-0.2, -0.15) is 0 Å². The van der Waals surface area contributed by atoms with E-state index in [1.165, 1.54) is 17.9 Å². The molecule has 0 aliphatic heterocycles. The number of aromatic nitrogens is 2. The molecule has 0 fully saturated rings. The molecule has 0 amide bonds. The van der Waals surface area contributed by atoms with E-state index >= 15 is 0 Å². The summed E-state index contributed by atoms with van der Waals surface area (Å²) in [5, 5.41) is 9.05. The van der Waals surface area contributed by atoms with Gasteiger partial charge in [-0.1, -0.05) is 6.07 Å². The molecule has 1 aromatic heterocycles. The van der Waals surface area contributed by atoms with Crippen LogP contribution in [0.5, 0.6) is 0 Å². The molecule has 2 rings (SSSR count). The maximum Gasteiger partial charge on any atom is 0.323 e. The Morgan fingerprint density at radius 2 is 2.00 bits per heavy atom. The molecular formula is C12H20Cl2N4O5S. The molecule has 1 atom stereocenters. The smallest absolute Gasteiger partial charge is 0.323 e. The van der Waals surface area contributed by atoms with E-state index in [4.69, 9.17) is 10.8 Å². The van der Waals surface area contributed by atoms with Crippen molar-refractivity contribution in [2.75, 3.05) is 11.1 Å².